The fraction of sp³-hybridized carbons (Fsp3) is 0.476. The number of carbonyl (C=O) groups is 2. The number of amides is 1. The van der Waals surface area contributed by atoms with Crippen molar-refractivity contribution in [1.29, 1.82) is 0 Å². The largest absolute Gasteiger partial charge is 0.395 e. The van der Waals surface area contributed by atoms with Crippen molar-refractivity contribution in [3.63, 3.8) is 0 Å². The van der Waals surface area contributed by atoms with E-state index in [9.17, 15) is 9.59 Å². The molecule has 0 aliphatic carbocycles. The van der Waals surface area contributed by atoms with Crippen molar-refractivity contribution in [2.75, 3.05) is 61.5 Å². The predicted octanol–water partition coefficient (Wildman–Crippen LogP) is 2.62. The van der Waals surface area contributed by atoms with Gasteiger partial charge in [-0.05, 0) is 23.8 Å². The van der Waals surface area contributed by atoms with Gasteiger partial charge in [0.25, 0.3) is 5.91 Å². The van der Waals surface area contributed by atoms with Crippen LogP contribution in [0.1, 0.15) is 12.0 Å². The fourth-order valence-electron chi connectivity index (χ4n) is 3.02. The molecule has 0 bridgehead atoms. The van der Waals surface area contributed by atoms with E-state index in [1.165, 1.54) is 21.7 Å². The molecule has 2 N–H and O–H groups in total. The Morgan fingerprint density at radius 1 is 1.09 bits per heavy atom. The van der Waals surface area contributed by atoms with Gasteiger partial charge >= 0.3 is 5.97 Å². The highest BCUT2D eigenvalue weighted by atomic mass is 79.9. The molecule has 33 heavy (non-hydrogen) atoms. The number of thiocarbonyl (C=S) groups is 1. The minimum atomic E-state index is -0.568. The van der Waals surface area contributed by atoms with E-state index in [1.807, 2.05) is 24.3 Å². The molecule has 1 amide bonds. The number of anilines is 1. The summed E-state index contributed by atoms with van der Waals surface area (Å²) in [6.45, 7) is 1.66. The van der Waals surface area contributed by atoms with Gasteiger partial charge in [-0.25, -0.2) is 0 Å². The van der Waals surface area contributed by atoms with Crippen LogP contribution in [-0.4, -0.2) is 93.0 Å². The second-order valence-electron chi connectivity index (χ2n) is 6.88. The van der Waals surface area contributed by atoms with Crippen LogP contribution < -0.4 is 4.90 Å². The number of benzene rings is 1. The molecular formula is C21H27Br2N3O5S2. The van der Waals surface area contributed by atoms with E-state index < -0.39 is 5.97 Å². The number of halogens is 2. The standard InChI is InChI=1S/C21H27Br2N3O5S2/c22-6-9-24(10-7-23)17-3-1-16(2-4-17)15-18-20(30)26(21(32)33-18)8-5-19(29)31-25(11-13-27)12-14-28/h1-4,15,27-28H,5-14H2. The topological polar surface area (TPSA) is 93.6 Å². The number of aliphatic hydroxyl groups is 2. The van der Waals surface area contributed by atoms with E-state index in [-0.39, 0.29) is 45.2 Å². The van der Waals surface area contributed by atoms with Gasteiger partial charge in [0.1, 0.15) is 4.32 Å². The summed E-state index contributed by atoms with van der Waals surface area (Å²) in [6, 6.07) is 7.98. The van der Waals surface area contributed by atoms with Crippen LogP contribution in [-0.2, 0) is 14.4 Å². The van der Waals surface area contributed by atoms with Crippen molar-refractivity contribution in [1.82, 2.24) is 9.96 Å². The maximum atomic E-state index is 12.8. The number of hydroxylamine groups is 2. The SMILES string of the molecule is O=C(CCN1C(=O)C(=Cc2ccc(N(CCBr)CCBr)cc2)SC1=S)ON(CCO)CCO. The molecule has 12 heteroatoms. The lowest BCUT2D eigenvalue weighted by Gasteiger charge is -2.23. The number of rotatable bonds is 14. The lowest BCUT2D eigenvalue weighted by Crippen LogP contribution is -2.35. The molecule has 1 heterocycles. The first-order chi connectivity index (χ1) is 15.9. The molecule has 0 spiro atoms. The van der Waals surface area contributed by atoms with Gasteiger partial charge in [0, 0.05) is 36.0 Å². The second kappa shape index (κ2) is 15.1. The summed E-state index contributed by atoms with van der Waals surface area (Å²) < 4.78 is 0.388. The number of thioether (sulfide) groups is 1. The summed E-state index contributed by atoms with van der Waals surface area (Å²) in [5.41, 5.74) is 1.99. The highest BCUT2D eigenvalue weighted by Crippen LogP contribution is 2.33. The van der Waals surface area contributed by atoms with Gasteiger partial charge in [0.05, 0.1) is 37.6 Å². The molecule has 1 aliphatic heterocycles. The van der Waals surface area contributed by atoms with Crippen molar-refractivity contribution >= 4 is 83.8 Å². The minimum absolute atomic E-state index is 0.0568. The normalized spacial score (nSPS) is 15.1. The second-order valence-corrected chi connectivity index (χ2v) is 10.1. The molecule has 1 aromatic rings. The average molecular weight is 625 g/mol. The molecule has 0 atom stereocenters. The third-order valence-corrected chi connectivity index (χ3v) is 6.69. The first kappa shape index (κ1) is 28.2. The van der Waals surface area contributed by atoms with Crippen LogP contribution in [0.4, 0.5) is 5.69 Å². The number of alkyl halides is 2. The molecule has 2 rings (SSSR count). The Kier molecular flexibility index (Phi) is 12.9. The fourth-order valence-corrected chi connectivity index (χ4v) is 5.18. The minimum Gasteiger partial charge on any atom is -0.395 e. The van der Waals surface area contributed by atoms with Gasteiger partial charge in [-0.3, -0.25) is 14.5 Å². The molecule has 0 saturated carbocycles. The van der Waals surface area contributed by atoms with Crippen molar-refractivity contribution in [2.24, 2.45) is 0 Å². The molecule has 1 fully saturated rings. The smallest absolute Gasteiger partial charge is 0.326 e. The maximum Gasteiger partial charge on any atom is 0.326 e. The molecular weight excluding hydrogens is 598 g/mol. The van der Waals surface area contributed by atoms with E-state index in [0.29, 0.717) is 9.23 Å². The van der Waals surface area contributed by atoms with Crippen LogP contribution >= 0.6 is 55.8 Å². The lowest BCUT2D eigenvalue weighted by molar-refractivity contribution is -0.194. The van der Waals surface area contributed by atoms with Gasteiger partial charge in [0.2, 0.25) is 0 Å². The molecule has 1 aliphatic rings. The van der Waals surface area contributed by atoms with Gasteiger partial charge in [-0.2, -0.15) is 0 Å². The molecule has 1 saturated heterocycles. The zero-order valence-corrected chi connectivity index (χ0v) is 22.8. The van der Waals surface area contributed by atoms with Crippen LogP contribution in [0, 0.1) is 0 Å². The lowest BCUT2D eigenvalue weighted by atomic mass is 10.1. The first-order valence-electron chi connectivity index (χ1n) is 10.3. The number of carbonyl (C=O) groups excluding carboxylic acids is 2. The Labute approximate surface area is 220 Å². The van der Waals surface area contributed by atoms with Crippen LogP contribution in [0.2, 0.25) is 0 Å². The Morgan fingerprint density at radius 3 is 2.24 bits per heavy atom. The van der Waals surface area contributed by atoms with E-state index in [0.717, 1.165) is 35.0 Å². The van der Waals surface area contributed by atoms with Gasteiger partial charge < -0.3 is 20.0 Å². The predicted molar refractivity (Wildman–Crippen MR) is 143 cm³/mol. The first-order valence-corrected chi connectivity index (χ1v) is 13.8. The van der Waals surface area contributed by atoms with E-state index >= 15 is 0 Å². The van der Waals surface area contributed by atoms with Crippen molar-refractivity contribution < 1.29 is 24.6 Å². The van der Waals surface area contributed by atoms with Crippen LogP contribution in [0.3, 0.4) is 0 Å². The number of hydrogen-bond donors (Lipinski definition) is 2. The molecule has 0 unspecified atom stereocenters. The maximum absolute atomic E-state index is 12.8. The van der Waals surface area contributed by atoms with E-state index in [4.69, 9.17) is 27.3 Å². The highest BCUT2D eigenvalue weighted by Gasteiger charge is 2.32. The summed E-state index contributed by atoms with van der Waals surface area (Å²) >= 11 is 13.5. The summed E-state index contributed by atoms with van der Waals surface area (Å²) in [5, 5.41) is 20.9. The molecule has 0 aromatic heterocycles. The van der Waals surface area contributed by atoms with Crippen molar-refractivity contribution in [3.05, 3.63) is 34.7 Å². The third-order valence-electron chi connectivity index (χ3n) is 4.61. The number of hydrogen-bond acceptors (Lipinski definition) is 9. The van der Waals surface area contributed by atoms with Crippen LogP contribution in [0.25, 0.3) is 6.08 Å². The third kappa shape index (κ3) is 8.93. The molecule has 8 nitrogen and oxygen atoms in total. The van der Waals surface area contributed by atoms with Gasteiger partial charge in [-0.15, -0.1) is 5.06 Å². The van der Waals surface area contributed by atoms with Crippen molar-refractivity contribution in [2.45, 2.75) is 6.42 Å². The Hall–Kier alpha value is -1.02. The summed E-state index contributed by atoms with van der Waals surface area (Å²) in [6.07, 6.45) is 1.74. The zero-order chi connectivity index (χ0) is 24.2. The van der Waals surface area contributed by atoms with Crippen LogP contribution in [0.15, 0.2) is 29.2 Å². The summed E-state index contributed by atoms with van der Waals surface area (Å²) in [5.74, 6) is -0.813. The van der Waals surface area contributed by atoms with Crippen molar-refractivity contribution in [3.8, 4) is 0 Å². The van der Waals surface area contributed by atoms with Crippen LogP contribution in [0.5, 0.6) is 0 Å². The number of nitrogens with zero attached hydrogens (tertiary/aromatic N) is 3. The van der Waals surface area contributed by atoms with Gasteiger partial charge in [-0.1, -0.05) is 68.0 Å². The Morgan fingerprint density at radius 2 is 1.70 bits per heavy atom. The molecule has 182 valence electrons. The zero-order valence-electron chi connectivity index (χ0n) is 18.0. The summed E-state index contributed by atoms with van der Waals surface area (Å²) in [4.78, 5) is 34.2. The Bertz CT molecular complexity index is 830. The van der Waals surface area contributed by atoms with Gasteiger partial charge in [0.15, 0.2) is 0 Å². The van der Waals surface area contributed by atoms with E-state index in [1.54, 1.807) is 6.08 Å². The Balaban J connectivity index is 1.97. The monoisotopic (exact) mass is 623 g/mol. The quantitative estimate of drug-likeness (QED) is 0.140. The average Bonchev–Trinajstić information content (AvgIpc) is 3.05. The van der Waals surface area contributed by atoms with E-state index in [2.05, 4.69) is 36.8 Å². The molecule has 0 radical (unpaired) electrons. The highest BCUT2D eigenvalue weighted by molar-refractivity contribution is 9.09. The summed E-state index contributed by atoms with van der Waals surface area (Å²) in [7, 11) is 0. The number of aliphatic hydroxyl groups excluding tert-OH is 2. The molecule has 1 aromatic carbocycles.